The van der Waals surface area contributed by atoms with Gasteiger partial charge in [-0.2, -0.15) is 0 Å². The number of rotatable bonds is 7. The second-order valence-corrected chi connectivity index (χ2v) is 10.3. The third-order valence-electron chi connectivity index (χ3n) is 7.35. The Bertz CT molecular complexity index is 1560. The summed E-state index contributed by atoms with van der Waals surface area (Å²) >= 11 is 0. The first-order valence-electron chi connectivity index (χ1n) is 13.2. The highest BCUT2D eigenvalue weighted by atomic mass is 16.8. The van der Waals surface area contributed by atoms with Gasteiger partial charge in [-0.3, -0.25) is 4.79 Å². The first-order chi connectivity index (χ1) is 20.9. The van der Waals surface area contributed by atoms with E-state index < -0.39 is 120 Å². The van der Waals surface area contributed by atoms with Crippen LogP contribution in [0.15, 0.2) is 39.5 Å². The van der Waals surface area contributed by atoms with E-state index in [1.54, 1.807) is 0 Å². The molecule has 2 aromatic carbocycles. The number of ether oxygens (including phenoxy) is 4. The molecule has 0 saturated carbocycles. The Kier molecular flexibility index (Phi) is 8.87. The number of hydrogen-bond donors (Lipinski definition) is 11. The number of phenolic OH excluding ortho intramolecular Hbond substituents is 4. The molecule has 0 unspecified atom stereocenters. The molecule has 17 heteroatoms. The third-order valence-corrected chi connectivity index (χ3v) is 7.35. The third kappa shape index (κ3) is 5.61. The molecular formula is C27H30O17. The van der Waals surface area contributed by atoms with Crippen molar-refractivity contribution in [2.45, 2.75) is 61.4 Å². The van der Waals surface area contributed by atoms with Gasteiger partial charge in [-0.1, -0.05) is 0 Å². The van der Waals surface area contributed by atoms with Gasteiger partial charge in [-0.05, 0) is 18.2 Å². The Morgan fingerprint density at radius 1 is 0.705 bits per heavy atom. The minimum Gasteiger partial charge on any atom is -0.508 e. The van der Waals surface area contributed by atoms with E-state index in [1.165, 1.54) is 6.07 Å². The molecule has 0 radical (unpaired) electrons. The van der Waals surface area contributed by atoms with Crippen molar-refractivity contribution < 1.29 is 79.5 Å². The van der Waals surface area contributed by atoms with Crippen LogP contribution >= 0.6 is 0 Å². The number of benzene rings is 2. The van der Waals surface area contributed by atoms with E-state index >= 15 is 0 Å². The predicted molar refractivity (Wildman–Crippen MR) is 142 cm³/mol. The molecule has 5 rings (SSSR count). The van der Waals surface area contributed by atoms with Crippen LogP contribution in [0.5, 0.6) is 28.7 Å². The second kappa shape index (κ2) is 12.3. The van der Waals surface area contributed by atoms with Gasteiger partial charge < -0.3 is 79.5 Å². The van der Waals surface area contributed by atoms with Gasteiger partial charge in [-0.15, -0.1) is 0 Å². The molecular weight excluding hydrogens is 596 g/mol. The van der Waals surface area contributed by atoms with Crippen LogP contribution in [0.3, 0.4) is 0 Å². The highest BCUT2D eigenvalue weighted by Crippen LogP contribution is 2.40. The Morgan fingerprint density at radius 3 is 1.98 bits per heavy atom. The summed E-state index contributed by atoms with van der Waals surface area (Å²) in [5.41, 5.74) is -1.47. The van der Waals surface area contributed by atoms with Crippen molar-refractivity contribution in [2.24, 2.45) is 0 Å². The maximum atomic E-state index is 13.7. The number of phenols is 4. The number of aromatic hydroxyl groups is 4. The summed E-state index contributed by atoms with van der Waals surface area (Å²) in [7, 11) is 0. The van der Waals surface area contributed by atoms with Crippen molar-refractivity contribution in [2.75, 3.05) is 13.2 Å². The number of fused-ring (bicyclic) bond motifs is 1. The Hall–Kier alpha value is -3.75. The normalized spacial score (nSPS) is 32.5. The van der Waals surface area contributed by atoms with Crippen LogP contribution in [0, 0.1) is 0 Å². The van der Waals surface area contributed by atoms with Crippen molar-refractivity contribution >= 4 is 11.0 Å². The molecule has 2 saturated heterocycles. The maximum absolute atomic E-state index is 13.7. The van der Waals surface area contributed by atoms with E-state index in [0.717, 1.165) is 24.3 Å². The SMILES string of the molecule is O=c1c(O[C@H]2O[C@@H](CO)[C@H](O)[C@H](O)[C@@H]2O[C@@H]2O[C@@H](CO)[C@H](O)[C@H](O)[C@@H]2O)c(-c2ccc(O)c(O)c2)oc2cc(O)cc(O)c12. The van der Waals surface area contributed by atoms with Gasteiger partial charge in [0.05, 0.1) is 13.2 Å². The van der Waals surface area contributed by atoms with E-state index in [-0.39, 0.29) is 11.1 Å². The summed E-state index contributed by atoms with van der Waals surface area (Å²) in [5.74, 6) is -3.54. The van der Waals surface area contributed by atoms with E-state index in [9.17, 15) is 61.0 Å². The fraction of sp³-hybridized carbons (Fsp3) is 0.444. The lowest BCUT2D eigenvalue weighted by molar-refractivity contribution is -0.358. The predicted octanol–water partition coefficient (Wildman–Crippen LogP) is -2.71. The fourth-order valence-corrected chi connectivity index (χ4v) is 4.98. The molecule has 3 heterocycles. The maximum Gasteiger partial charge on any atom is 0.239 e. The molecule has 3 aromatic rings. The molecule has 11 N–H and O–H groups in total. The van der Waals surface area contributed by atoms with Crippen LogP contribution in [0.25, 0.3) is 22.3 Å². The minimum atomic E-state index is -1.97. The van der Waals surface area contributed by atoms with E-state index in [4.69, 9.17) is 23.4 Å². The highest BCUT2D eigenvalue weighted by Gasteiger charge is 2.51. The molecule has 0 aliphatic carbocycles. The van der Waals surface area contributed by atoms with E-state index in [1.807, 2.05) is 0 Å². The highest BCUT2D eigenvalue weighted by molar-refractivity contribution is 5.88. The summed E-state index contributed by atoms with van der Waals surface area (Å²) in [6, 6.07) is 5.12. The van der Waals surface area contributed by atoms with Gasteiger partial charge in [0.2, 0.25) is 17.5 Å². The number of aliphatic hydroxyl groups excluding tert-OH is 7. The topological polar surface area (TPSA) is 290 Å². The van der Waals surface area contributed by atoms with E-state index in [2.05, 4.69) is 0 Å². The monoisotopic (exact) mass is 626 g/mol. The van der Waals surface area contributed by atoms with Gasteiger partial charge >= 0.3 is 0 Å². The van der Waals surface area contributed by atoms with Gasteiger partial charge in [0, 0.05) is 17.7 Å². The smallest absolute Gasteiger partial charge is 0.239 e. The van der Waals surface area contributed by atoms with Gasteiger partial charge in [0.25, 0.3) is 0 Å². The zero-order chi connectivity index (χ0) is 32.0. The average molecular weight is 627 g/mol. The standard InChI is InChI=1S/C27H30O17/c28-6-14-17(34)20(37)22(39)26(41-14)44-25-21(38)18(35)15(7-29)42-27(25)43-24-19(36)16-12(33)4-9(30)5-13(16)40-23(24)8-1-2-10(31)11(32)3-8/h1-5,14-15,17-18,20-22,25-35,37-39H,6-7H2/t14-,15-,17-,18-,20-,21-,22-,25-,26-,27+/m0/s1. The fourth-order valence-electron chi connectivity index (χ4n) is 4.98. The molecule has 2 aliphatic heterocycles. The first-order valence-corrected chi connectivity index (χ1v) is 13.2. The molecule has 240 valence electrons. The Morgan fingerprint density at radius 2 is 1.34 bits per heavy atom. The molecule has 17 nitrogen and oxygen atoms in total. The van der Waals surface area contributed by atoms with Crippen molar-refractivity contribution in [3.05, 3.63) is 40.6 Å². The van der Waals surface area contributed by atoms with Crippen molar-refractivity contribution in [1.29, 1.82) is 0 Å². The van der Waals surface area contributed by atoms with E-state index in [0.29, 0.717) is 0 Å². The summed E-state index contributed by atoms with van der Waals surface area (Å²) in [6.45, 7) is -1.68. The van der Waals surface area contributed by atoms with Crippen LogP contribution in [-0.2, 0) is 14.2 Å². The Labute approximate surface area is 246 Å². The number of hydrogen-bond acceptors (Lipinski definition) is 17. The summed E-state index contributed by atoms with van der Waals surface area (Å²) in [5, 5.41) is 111. The quantitative estimate of drug-likeness (QED) is 0.119. The summed E-state index contributed by atoms with van der Waals surface area (Å²) in [4.78, 5) is 13.7. The van der Waals surface area contributed by atoms with Crippen molar-refractivity contribution in [3.8, 4) is 40.1 Å². The van der Waals surface area contributed by atoms with Crippen LogP contribution in [0.2, 0.25) is 0 Å². The lowest BCUT2D eigenvalue weighted by Gasteiger charge is -2.45. The average Bonchev–Trinajstić information content (AvgIpc) is 2.98. The zero-order valence-electron chi connectivity index (χ0n) is 22.4. The lowest BCUT2D eigenvalue weighted by Crippen LogP contribution is -2.65. The zero-order valence-corrected chi connectivity index (χ0v) is 22.4. The largest absolute Gasteiger partial charge is 0.508 e. The summed E-state index contributed by atoms with van der Waals surface area (Å²) in [6.07, 6.45) is -18.0. The number of aliphatic hydroxyl groups is 7. The molecule has 2 aliphatic rings. The summed E-state index contributed by atoms with van der Waals surface area (Å²) < 4.78 is 28.1. The van der Waals surface area contributed by atoms with Crippen LogP contribution < -0.4 is 10.2 Å². The first kappa shape index (κ1) is 31.7. The molecule has 44 heavy (non-hydrogen) atoms. The second-order valence-electron chi connectivity index (χ2n) is 10.3. The van der Waals surface area contributed by atoms with Gasteiger partial charge in [0.1, 0.15) is 65.2 Å². The van der Waals surface area contributed by atoms with Crippen LogP contribution in [-0.4, -0.2) is 131 Å². The van der Waals surface area contributed by atoms with Crippen LogP contribution in [0.1, 0.15) is 0 Å². The van der Waals surface area contributed by atoms with Gasteiger partial charge in [-0.25, -0.2) is 0 Å². The Balaban J connectivity index is 1.61. The molecule has 0 spiro atoms. The van der Waals surface area contributed by atoms with Crippen LogP contribution in [0.4, 0.5) is 0 Å². The molecule has 0 bridgehead atoms. The minimum absolute atomic E-state index is 0.0707. The lowest BCUT2D eigenvalue weighted by atomic mass is 9.97. The van der Waals surface area contributed by atoms with Crippen molar-refractivity contribution in [3.63, 3.8) is 0 Å². The molecule has 1 aromatic heterocycles. The molecule has 0 amide bonds. The molecule has 10 atom stereocenters. The van der Waals surface area contributed by atoms with Crippen molar-refractivity contribution in [1.82, 2.24) is 0 Å². The van der Waals surface area contributed by atoms with Gasteiger partial charge in [0.15, 0.2) is 29.7 Å². The molecule has 2 fully saturated rings.